The van der Waals surface area contributed by atoms with Crippen molar-refractivity contribution in [2.45, 2.75) is 187 Å². The summed E-state index contributed by atoms with van der Waals surface area (Å²) >= 11 is 0. The molecule has 0 spiro atoms. The van der Waals surface area contributed by atoms with E-state index in [1.54, 1.807) is 6.08 Å². The number of carbonyl (C=O) groups excluding carboxylic acids is 1. The maximum Gasteiger partial charge on any atom is 0.220 e. The van der Waals surface area contributed by atoms with E-state index >= 15 is 0 Å². The van der Waals surface area contributed by atoms with E-state index in [1.165, 1.54) is 103 Å². The van der Waals surface area contributed by atoms with Crippen molar-refractivity contribution >= 4 is 5.91 Å². The highest BCUT2D eigenvalue weighted by Gasteiger charge is 2.17. The first-order chi connectivity index (χ1) is 22.2. The van der Waals surface area contributed by atoms with Gasteiger partial charge in [-0.15, -0.1) is 0 Å². The largest absolute Gasteiger partial charge is 0.394 e. The van der Waals surface area contributed by atoms with Gasteiger partial charge in [0.2, 0.25) is 5.91 Å². The Bertz CT molecular complexity index is 767. The van der Waals surface area contributed by atoms with Crippen LogP contribution in [0.5, 0.6) is 0 Å². The number of unbranched alkanes of at least 4 members (excludes halogenated alkanes) is 18. The summed E-state index contributed by atoms with van der Waals surface area (Å²) < 4.78 is 0. The van der Waals surface area contributed by atoms with E-state index in [4.69, 9.17) is 0 Å². The molecule has 0 rings (SSSR count). The molecule has 0 radical (unpaired) electrons. The lowest BCUT2D eigenvalue weighted by Gasteiger charge is -2.19. The van der Waals surface area contributed by atoms with Crippen LogP contribution in [0.25, 0.3) is 0 Å². The van der Waals surface area contributed by atoms with Crippen LogP contribution in [0, 0.1) is 0 Å². The van der Waals surface area contributed by atoms with Gasteiger partial charge in [0.1, 0.15) is 0 Å². The zero-order chi connectivity index (χ0) is 32.9. The van der Waals surface area contributed by atoms with Gasteiger partial charge in [0.15, 0.2) is 0 Å². The molecule has 1 amide bonds. The average Bonchev–Trinajstić information content (AvgIpc) is 3.04. The van der Waals surface area contributed by atoms with Gasteiger partial charge in [0, 0.05) is 6.42 Å². The van der Waals surface area contributed by atoms with Crippen molar-refractivity contribution in [1.82, 2.24) is 5.32 Å². The zero-order valence-corrected chi connectivity index (χ0v) is 29.6. The molecular formula is C41H73NO3. The summed E-state index contributed by atoms with van der Waals surface area (Å²) in [7, 11) is 0. The molecule has 2 atom stereocenters. The Morgan fingerprint density at radius 1 is 0.533 bits per heavy atom. The summed E-state index contributed by atoms with van der Waals surface area (Å²) in [5.41, 5.74) is 0. The summed E-state index contributed by atoms with van der Waals surface area (Å²) in [5, 5.41) is 22.9. The van der Waals surface area contributed by atoms with Gasteiger partial charge in [-0.1, -0.05) is 152 Å². The number of rotatable bonds is 33. The van der Waals surface area contributed by atoms with Crippen LogP contribution in [-0.4, -0.2) is 34.9 Å². The smallest absolute Gasteiger partial charge is 0.220 e. The van der Waals surface area contributed by atoms with Crippen LogP contribution in [-0.2, 0) is 4.79 Å². The number of allylic oxidation sites excluding steroid dienone is 9. The van der Waals surface area contributed by atoms with Crippen molar-refractivity contribution < 1.29 is 15.0 Å². The second kappa shape index (κ2) is 36.6. The number of hydrogen-bond acceptors (Lipinski definition) is 3. The van der Waals surface area contributed by atoms with Gasteiger partial charge in [0.05, 0.1) is 18.8 Å². The number of aliphatic hydroxyl groups is 2. The van der Waals surface area contributed by atoms with E-state index in [1.807, 2.05) is 6.08 Å². The topological polar surface area (TPSA) is 69.6 Å². The average molecular weight is 628 g/mol. The molecule has 0 aromatic rings. The number of hydrogen-bond donors (Lipinski definition) is 3. The lowest BCUT2D eigenvalue weighted by Crippen LogP contribution is -2.45. The summed E-state index contributed by atoms with van der Waals surface area (Å²) in [6, 6.07) is -0.650. The fourth-order valence-electron chi connectivity index (χ4n) is 5.24. The molecule has 4 heteroatoms. The minimum absolute atomic E-state index is 0.0897. The molecule has 0 saturated heterocycles. The highest BCUT2D eigenvalue weighted by atomic mass is 16.3. The monoisotopic (exact) mass is 628 g/mol. The Balaban J connectivity index is 3.72. The molecule has 45 heavy (non-hydrogen) atoms. The fraction of sp³-hybridized carbons (Fsp3) is 0.732. The van der Waals surface area contributed by atoms with Crippen LogP contribution in [0.1, 0.15) is 174 Å². The van der Waals surface area contributed by atoms with Gasteiger partial charge in [-0.25, -0.2) is 0 Å². The van der Waals surface area contributed by atoms with Gasteiger partial charge in [0.25, 0.3) is 0 Å². The molecule has 0 aromatic carbocycles. The highest BCUT2D eigenvalue weighted by molar-refractivity contribution is 5.76. The maximum atomic E-state index is 12.3. The third kappa shape index (κ3) is 33.3. The molecule has 0 heterocycles. The molecule has 0 aromatic heterocycles. The lowest BCUT2D eigenvalue weighted by atomic mass is 10.1. The van der Waals surface area contributed by atoms with Gasteiger partial charge in [-0.3, -0.25) is 4.79 Å². The molecule has 2 unspecified atom stereocenters. The number of nitrogens with one attached hydrogen (secondary N) is 1. The van der Waals surface area contributed by atoms with Gasteiger partial charge >= 0.3 is 0 Å². The van der Waals surface area contributed by atoms with Crippen molar-refractivity contribution in [3.8, 4) is 0 Å². The number of amides is 1. The minimum Gasteiger partial charge on any atom is -0.394 e. The van der Waals surface area contributed by atoms with Crippen molar-refractivity contribution in [2.24, 2.45) is 0 Å². The van der Waals surface area contributed by atoms with Crippen LogP contribution in [0.3, 0.4) is 0 Å². The Morgan fingerprint density at radius 3 is 1.44 bits per heavy atom. The van der Waals surface area contributed by atoms with Gasteiger partial charge in [-0.2, -0.15) is 0 Å². The SMILES string of the molecule is CCCCCC/C=C\C/C=C\CCCCCCCCCC(=O)NC(CO)C(O)/C=C/CC/C=C/CC/C=C/CCCCCCC. The molecular weight excluding hydrogens is 554 g/mol. The van der Waals surface area contributed by atoms with E-state index in [0.717, 1.165) is 51.4 Å². The first-order valence-electron chi connectivity index (χ1n) is 19.0. The van der Waals surface area contributed by atoms with Crippen LogP contribution < -0.4 is 5.32 Å². The number of aliphatic hydroxyl groups excluding tert-OH is 2. The van der Waals surface area contributed by atoms with Crippen molar-refractivity contribution in [2.75, 3.05) is 6.61 Å². The maximum absolute atomic E-state index is 12.3. The van der Waals surface area contributed by atoms with Crippen LogP contribution in [0.2, 0.25) is 0 Å². The Kier molecular flexibility index (Phi) is 35.0. The molecule has 3 N–H and O–H groups in total. The molecule has 0 fully saturated rings. The fourth-order valence-corrected chi connectivity index (χ4v) is 5.24. The Labute approximate surface area is 279 Å². The molecule has 0 aliphatic carbocycles. The van der Waals surface area contributed by atoms with Gasteiger partial charge in [-0.05, 0) is 77.0 Å². The second-order valence-electron chi connectivity index (χ2n) is 12.6. The van der Waals surface area contributed by atoms with Crippen molar-refractivity contribution in [3.05, 3.63) is 60.8 Å². The van der Waals surface area contributed by atoms with Crippen LogP contribution in [0.15, 0.2) is 60.8 Å². The van der Waals surface area contributed by atoms with Crippen molar-refractivity contribution in [1.29, 1.82) is 0 Å². The molecule has 0 aliphatic heterocycles. The Hall–Kier alpha value is -1.91. The van der Waals surface area contributed by atoms with E-state index in [-0.39, 0.29) is 12.5 Å². The standard InChI is InChI=1S/C41H73NO3/c1-3-5-7-9-11-13-15-17-19-20-21-23-25-27-29-31-33-35-37-41(45)42-39(38-43)40(44)36-34-32-30-28-26-24-22-18-16-14-12-10-8-6-4-2/h13,15-16,18-20,26,28,34,36,39-40,43-44H,3-12,14,17,21-25,27,29-33,35,37-38H2,1-2H3,(H,42,45)/b15-13-,18-16+,20-19-,28-26+,36-34+. The second-order valence-corrected chi connectivity index (χ2v) is 12.6. The normalized spacial score (nSPS) is 13.8. The van der Waals surface area contributed by atoms with Crippen molar-refractivity contribution in [3.63, 3.8) is 0 Å². The third-order valence-electron chi connectivity index (χ3n) is 8.20. The minimum atomic E-state index is -0.873. The van der Waals surface area contributed by atoms with E-state index in [9.17, 15) is 15.0 Å². The summed E-state index contributed by atoms with van der Waals surface area (Å²) in [5.74, 6) is -0.0897. The van der Waals surface area contributed by atoms with E-state index < -0.39 is 12.1 Å². The van der Waals surface area contributed by atoms with E-state index in [0.29, 0.717) is 6.42 Å². The molecule has 260 valence electrons. The lowest BCUT2D eigenvalue weighted by molar-refractivity contribution is -0.123. The predicted octanol–water partition coefficient (Wildman–Crippen LogP) is 11.4. The summed E-state index contributed by atoms with van der Waals surface area (Å²) in [4.78, 5) is 12.3. The van der Waals surface area contributed by atoms with Crippen LogP contribution in [0.4, 0.5) is 0 Å². The molecule has 4 nitrogen and oxygen atoms in total. The molecule has 0 aliphatic rings. The highest BCUT2D eigenvalue weighted by Crippen LogP contribution is 2.11. The molecule has 0 bridgehead atoms. The predicted molar refractivity (Wildman–Crippen MR) is 197 cm³/mol. The quantitative estimate of drug-likeness (QED) is 0.0501. The summed E-state index contributed by atoms with van der Waals surface area (Å²) in [6.07, 6.45) is 50.1. The number of carbonyl (C=O) groups is 1. The molecule has 0 saturated carbocycles. The van der Waals surface area contributed by atoms with E-state index in [2.05, 4.69) is 67.8 Å². The zero-order valence-electron chi connectivity index (χ0n) is 29.6. The Morgan fingerprint density at radius 2 is 0.933 bits per heavy atom. The first kappa shape index (κ1) is 43.1. The third-order valence-corrected chi connectivity index (χ3v) is 8.20. The summed E-state index contributed by atoms with van der Waals surface area (Å²) in [6.45, 7) is 4.24. The van der Waals surface area contributed by atoms with Crippen LogP contribution >= 0.6 is 0 Å². The van der Waals surface area contributed by atoms with Gasteiger partial charge < -0.3 is 15.5 Å². The first-order valence-corrected chi connectivity index (χ1v) is 19.0.